The first-order valence-corrected chi connectivity index (χ1v) is 14.3. The summed E-state index contributed by atoms with van der Waals surface area (Å²) in [5.41, 5.74) is 1.95. The summed E-state index contributed by atoms with van der Waals surface area (Å²) in [6, 6.07) is 12.1. The number of likely N-dealkylation sites (tertiary alicyclic amines) is 1. The van der Waals surface area contributed by atoms with Crippen molar-refractivity contribution in [1.82, 2.24) is 14.4 Å². The highest BCUT2D eigenvalue weighted by Crippen LogP contribution is 2.35. The van der Waals surface area contributed by atoms with Crippen LogP contribution in [0.3, 0.4) is 0 Å². The molecule has 0 N–H and O–H groups in total. The van der Waals surface area contributed by atoms with E-state index in [0.717, 1.165) is 63.5 Å². The molecule has 3 aromatic rings. The summed E-state index contributed by atoms with van der Waals surface area (Å²) in [6.07, 6.45) is 5.52. The van der Waals surface area contributed by atoms with Crippen LogP contribution in [0.2, 0.25) is 5.02 Å². The van der Waals surface area contributed by atoms with E-state index in [1.807, 2.05) is 33.9 Å². The van der Waals surface area contributed by atoms with E-state index in [1.165, 1.54) is 0 Å². The van der Waals surface area contributed by atoms with Crippen LogP contribution in [-0.2, 0) is 16.1 Å². The van der Waals surface area contributed by atoms with Crippen molar-refractivity contribution < 1.29 is 19.2 Å². The number of hydrogen-bond donors (Lipinski definition) is 0. The second-order valence-corrected chi connectivity index (χ2v) is 12.0. The lowest BCUT2D eigenvalue weighted by atomic mass is 9.99. The van der Waals surface area contributed by atoms with Crippen LogP contribution in [-0.4, -0.2) is 56.8 Å². The number of benzene rings is 2. The second kappa shape index (κ2) is 11.1. The molecular formula is C28H25BrClN3O4S. The minimum atomic E-state index is -0.517. The van der Waals surface area contributed by atoms with Crippen molar-refractivity contribution in [3.63, 3.8) is 0 Å². The molecule has 196 valence electrons. The second-order valence-electron chi connectivity index (χ2n) is 9.64. The standard InChI is InChI=1S/C28H25BrClN3O4S/c1-17-8-10-31(11-9-17)26(35)16-32-14-19(22-13-20(29)4-7-23(22)32)12-25-27(36)33(28(37)38-25)15-24(34)18-2-5-21(30)6-3-18/h2-7,12-14,17H,8-11,15-16H2,1H3/b25-12-. The highest BCUT2D eigenvalue weighted by atomic mass is 79.9. The molecule has 3 heterocycles. The average Bonchev–Trinajstić information content (AvgIpc) is 3.35. The lowest BCUT2D eigenvalue weighted by Crippen LogP contribution is -2.39. The van der Waals surface area contributed by atoms with Gasteiger partial charge in [-0.2, -0.15) is 0 Å². The van der Waals surface area contributed by atoms with E-state index in [-0.39, 0.29) is 29.7 Å². The zero-order valence-corrected chi connectivity index (χ0v) is 23.8. The van der Waals surface area contributed by atoms with Crippen molar-refractivity contribution >= 4 is 79.1 Å². The summed E-state index contributed by atoms with van der Waals surface area (Å²) in [7, 11) is 0. The van der Waals surface area contributed by atoms with E-state index >= 15 is 0 Å². The van der Waals surface area contributed by atoms with Crippen LogP contribution in [0.1, 0.15) is 35.7 Å². The maximum Gasteiger partial charge on any atom is 0.293 e. The molecule has 2 aliphatic heterocycles. The van der Waals surface area contributed by atoms with Crippen molar-refractivity contribution in [2.75, 3.05) is 19.6 Å². The van der Waals surface area contributed by atoms with Gasteiger partial charge in [-0.25, -0.2) is 0 Å². The smallest absolute Gasteiger partial charge is 0.293 e. The molecule has 0 bridgehead atoms. The van der Waals surface area contributed by atoms with Gasteiger partial charge in [0, 0.05) is 50.8 Å². The molecule has 2 aromatic carbocycles. The first kappa shape index (κ1) is 26.7. The first-order valence-electron chi connectivity index (χ1n) is 12.3. The summed E-state index contributed by atoms with van der Waals surface area (Å²) in [5.74, 6) is -0.176. The average molecular weight is 615 g/mol. The number of halogens is 2. The first-order chi connectivity index (χ1) is 18.2. The number of ketones is 1. The fourth-order valence-corrected chi connectivity index (χ4v) is 6.01. The minimum absolute atomic E-state index is 0.0595. The zero-order chi connectivity index (χ0) is 27.0. The number of carbonyl (C=O) groups is 4. The predicted octanol–water partition coefficient (Wildman–Crippen LogP) is 6.23. The maximum atomic E-state index is 13.1. The molecule has 0 spiro atoms. The molecule has 38 heavy (non-hydrogen) atoms. The molecule has 2 saturated heterocycles. The summed E-state index contributed by atoms with van der Waals surface area (Å²) < 4.78 is 2.75. The van der Waals surface area contributed by atoms with Gasteiger partial charge in [0.25, 0.3) is 11.1 Å². The van der Waals surface area contributed by atoms with Gasteiger partial charge in [0.2, 0.25) is 5.91 Å². The maximum absolute atomic E-state index is 13.1. The molecule has 10 heteroatoms. The Hall–Kier alpha value is -2.88. The van der Waals surface area contributed by atoms with E-state index in [9.17, 15) is 19.2 Å². The van der Waals surface area contributed by atoms with Crippen molar-refractivity contribution in [1.29, 1.82) is 0 Å². The summed E-state index contributed by atoms with van der Waals surface area (Å²) in [5, 5.41) is 0.847. The number of fused-ring (bicyclic) bond motifs is 1. The number of piperidine rings is 1. The molecule has 7 nitrogen and oxygen atoms in total. The molecule has 0 unspecified atom stereocenters. The Morgan fingerprint density at radius 1 is 1.08 bits per heavy atom. The Labute approximate surface area is 237 Å². The monoisotopic (exact) mass is 613 g/mol. The van der Waals surface area contributed by atoms with Gasteiger partial charge in [0.05, 0.1) is 11.4 Å². The molecule has 5 rings (SSSR count). The number of thioether (sulfide) groups is 1. The molecule has 0 aliphatic carbocycles. The van der Waals surface area contributed by atoms with Crippen LogP contribution < -0.4 is 0 Å². The third-order valence-corrected chi connectivity index (χ3v) is 8.60. The van der Waals surface area contributed by atoms with E-state index in [2.05, 4.69) is 22.9 Å². The minimum Gasteiger partial charge on any atom is -0.341 e. The largest absolute Gasteiger partial charge is 0.341 e. The quantitative estimate of drug-likeness (QED) is 0.243. The number of rotatable bonds is 6. The van der Waals surface area contributed by atoms with E-state index in [0.29, 0.717) is 16.5 Å². The van der Waals surface area contributed by atoms with Crippen molar-refractivity contribution in [2.45, 2.75) is 26.3 Å². The van der Waals surface area contributed by atoms with Crippen LogP contribution in [0, 0.1) is 5.92 Å². The normalized spacial score (nSPS) is 17.7. The van der Waals surface area contributed by atoms with Crippen LogP contribution in [0.4, 0.5) is 4.79 Å². The molecule has 0 saturated carbocycles. The van der Waals surface area contributed by atoms with Gasteiger partial charge in [0.15, 0.2) is 5.78 Å². The Balaban J connectivity index is 1.39. The molecule has 3 amide bonds. The fourth-order valence-electron chi connectivity index (χ4n) is 4.69. The molecule has 1 aromatic heterocycles. The lowest BCUT2D eigenvalue weighted by molar-refractivity contribution is -0.133. The number of aromatic nitrogens is 1. The number of hydrogen-bond acceptors (Lipinski definition) is 5. The van der Waals surface area contributed by atoms with Crippen LogP contribution >= 0.6 is 39.3 Å². The Morgan fingerprint density at radius 2 is 1.79 bits per heavy atom. The van der Waals surface area contributed by atoms with Crippen molar-refractivity contribution in [3.05, 3.63) is 74.2 Å². The van der Waals surface area contributed by atoms with Gasteiger partial charge < -0.3 is 9.47 Å². The SMILES string of the molecule is CC1CCN(C(=O)Cn2cc(/C=C3\SC(=O)N(CC(=O)c4ccc(Cl)cc4)C3=O)c3cc(Br)ccc32)CC1. The molecule has 2 aliphatic rings. The molecular weight excluding hydrogens is 590 g/mol. The third kappa shape index (κ3) is 5.60. The van der Waals surface area contributed by atoms with Gasteiger partial charge in [0.1, 0.15) is 6.54 Å². The van der Waals surface area contributed by atoms with Gasteiger partial charge in [-0.3, -0.25) is 24.1 Å². The van der Waals surface area contributed by atoms with Crippen molar-refractivity contribution in [3.8, 4) is 0 Å². The van der Waals surface area contributed by atoms with Gasteiger partial charge >= 0.3 is 0 Å². The van der Waals surface area contributed by atoms with Crippen LogP contribution in [0.15, 0.2) is 58.0 Å². The highest BCUT2D eigenvalue weighted by molar-refractivity contribution is 9.10. The van der Waals surface area contributed by atoms with Gasteiger partial charge in [-0.15, -0.1) is 0 Å². The number of amides is 3. The summed E-state index contributed by atoms with van der Waals surface area (Å²) >= 11 is 10.2. The van der Waals surface area contributed by atoms with E-state index < -0.39 is 11.1 Å². The summed E-state index contributed by atoms with van der Waals surface area (Å²) in [6.45, 7) is 3.58. The fraction of sp³-hybridized carbons (Fsp3) is 0.286. The number of nitrogens with zero attached hydrogens (tertiary/aromatic N) is 3. The Kier molecular flexibility index (Phi) is 7.79. The van der Waals surface area contributed by atoms with Crippen LogP contribution in [0.5, 0.6) is 0 Å². The lowest BCUT2D eigenvalue weighted by Gasteiger charge is -2.30. The third-order valence-electron chi connectivity index (χ3n) is 6.94. The topological polar surface area (TPSA) is 79.7 Å². The molecule has 0 atom stereocenters. The zero-order valence-electron chi connectivity index (χ0n) is 20.7. The molecule has 0 radical (unpaired) electrons. The van der Waals surface area contributed by atoms with E-state index in [1.54, 1.807) is 30.3 Å². The highest BCUT2D eigenvalue weighted by Gasteiger charge is 2.36. The van der Waals surface area contributed by atoms with Gasteiger partial charge in [-0.1, -0.05) is 34.5 Å². The van der Waals surface area contributed by atoms with E-state index in [4.69, 9.17) is 11.6 Å². The Morgan fingerprint density at radius 3 is 2.50 bits per heavy atom. The van der Waals surface area contributed by atoms with Crippen molar-refractivity contribution in [2.24, 2.45) is 5.92 Å². The van der Waals surface area contributed by atoms with Gasteiger partial charge in [-0.05, 0) is 79.1 Å². The number of carbonyl (C=O) groups excluding carboxylic acids is 4. The number of imide groups is 1. The number of Topliss-reactive ketones (excluding diaryl/α,β-unsaturated/α-hetero) is 1. The predicted molar refractivity (Wildman–Crippen MR) is 153 cm³/mol. The summed E-state index contributed by atoms with van der Waals surface area (Å²) in [4.78, 5) is 54.6. The van der Waals surface area contributed by atoms with Crippen LogP contribution in [0.25, 0.3) is 17.0 Å². The Bertz CT molecular complexity index is 1480. The molecule has 2 fully saturated rings.